The lowest BCUT2D eigenvalue weighted by Crippen LogP contribution is -2.58. The molecule has 0 N–H and O–H groups in total. The first-order chi connectivity index (χ1) is 5.94. The van der Waals surface area contributed by atoms with Crippen LogP contribution in [0.2, 0.25) is 0 Å². The molecule has 2 bridgehead atoms. The first-order valence-corrected chi connectivity index (χ1v) is 5.08. The van der Waals surface area contributed by atoms with Crippen LogP contribution in [0.3, 0.4) is 0 Å². The summed E-state index contributed by atoms with van der Waals surface area (Å²) in [5.74, 6) is 1.46. The van der Waals surface area contributed by atoms with Gasteiger partial charge in [0, 0.05) is 17.3 Å². The van der Waals surface area contributed by atoms with Crippen molar-refractivity contribution in [3.05, 3.63) is 10.1 Å². The first kappa shape index (κ1) is 8.97. The second-order valence-electron chi connectivity index (χ2n) is 5.31. The van der Waals surface area contributed by atoms with Crippen molar-refractivity contribution >= 4 is 0 Å². The highest BCUT2D eigenvalue weighted by Gasteiger charge is 2.59. The zero-order valence-corrected chi connectivity index (χ0v) is 8.49. The maximum absolute atomic E-state index is 10.7. The molecule has 3 rings (SSSR count). The molecule has 3 saturated carbocycles. The van der Waals surface area contributed by atoms with Crippen LogP contribution in [-0.4, -0.2) is 11.0 Å². The summed E-state index contributed by atoms with van der Waals surface area (Å²) >= 11 is 0. The molecule has 0 radical (unpaired) electrons. The Labute approximate surface area is 78.7 Å². The van der Waals surface area contributed by atoms with Crippen LogP contribution in [-0.2, 0) is 0 Å². The summed E-state index contributed by atoms with van der Waals surface area (Å²) in [7, 11) is 0. The monoisotopic (exact) mass is 183 g/mol. The maximum Gasteiger partial charge on any atom is 0.216 e. The summed E-state index contributed by atoms with van der Waals surface area (Å²) in [6, 6.07) is -0.267. The topological polar surface area (TPSA) is 43.1 Å². The van der Waals surface area contributed by atoms with Gasteiger partial charge in [-0.05, 0) is 23.7 Å². The summed E-state index contributed by atoms with van der Waals surface area (Å²) in [5.41, 5.74) is 0.367. The van der Waals surface area contributed by atoms with E-state index in [-0.39, 0.29) is 16.9 Å². The van der Waals surface area contributed by atoms with Gasteiger partial charge in [0.25, 0.3) is 0 Å². The maximum atomic E-state index is 10.7. The van der Waals surface area contributed by atoms with Crippen molar-refractivity contribution in [1.82, 2.24) is 0 Å². The second-order valence-corrected chi connectivity index (χ2v) is 5.31. The number of nitro groups is 1. The summed E-state index contributed by atoms with van der Waals surface area (Å²) in [6.07, 6.45) is 2.02. The van der Waals surface area contributed by atoms with E-state index in [1.165, 1.54) is 6.42 Å². The van der Waals surface area contributed by atoms with Gasteiger partial charge in [0.2, 0.25) is 6.04 Å². The van der Waals surface area contributed by atoms with Crippen LogP contribution in [0.25, 0.3) is 0 Å². The largest absolute Gasteiger partial charge is 0.264 e. The molecule has 0 aliphatic heterocycles. The highest BCUT2D eigenvalue weighted by Crippen LogP contribution is 2.61. The molecule has 3 aliphatic rings. The van der Waals surface area contributed by atoms with Gasteiger partial charge < -0.3 is 0 Å². The second kappa shape index (κ2) is 2.46. The standard InChI is InChI=1S/C10H17NO2/c1-6-8-4-7(10(8,2)3)5-9(6)11(12)13/h6-9H,4-5H2,1-3H3. The van der Waals surface area contributed by atoms with Crippen molar-refractivity contribution in [2.24, 2.45) is 23.2 Å². The lowest BCUT2D eigenvalue weighted by atomic mass is 9.45. The Hall–Kier alpha value is -0.600. The molecule has 3 fully saturated rings. The van der Waals surface area contributed by atoms with E-state index in [0.717, 1.165) is 6.42 Å². The quantitative estimate of drug-likeness (QED) is 0.462. The molecular weight excluding hydrogens is 166 g/mol. The smallest absolute Gasteiger partial charge is 0.216 e. The van der Waals surface area contributed by atoms with Crippen molar-refractivity contribution in [1.29, 1.82) is 0 Å². The zero-order chi connectivity index (χ0) is 9.80. The Morgan fingerprint density at radius 1 is 1.38 bits per heavy atom. The van der Waals surface area contributed by atoms with Crippen molar-refractivity contribution in [3.63, 3.8) is 0 Å². The molecule has 13 heavy (non-hydrogen) atoms. The van der Waals surface area contributed by atoms with Crippen LogP contribution in [0.5, 0.6) is 0 Å². The predicted octanol–water partition coefficient (Wildman–Crippen LogP) is 2.33. The Kier molecular flexibility index (Phi) is 1.70. The lowest BCUT2D eigenvalue weighted by Gasteiger charge is -2.59. The average Bonchev–Trinajstić information content (AvgIpc) is 2.02. The molecule has 0 saturated heterocycles. The average molecular weight is 183 g/mol. The van der Waals surface area contributed by atoms with E-state index in [4.69, 9.17) is 0 Å². The van der Waals surface area contributed by atoms with Crippen LogP contribution < -0.4 is 0 Å². The van der Waals surface area contributed by atoms with E-state index in [2.05, 4.69) is 20.8 Å². The summed E-state index contributed by atoms with van der Waals surface area (Å²) in [6.45, 7) is 6.58. The molecule has 0 aromatic heterocycles. The lowest BCUT2D eigenvalue weighted by molar-refractivity contribution is -0.547. The SMILES string of the molecule is CC1C([N+](=O)[O-])CC2CC1C2(C)C. The van der Waals surface area contributed by atoms with E-state index < -0.39 is 0 Å². The number of rotatable bonds is 1. The van der Waals surface area contributed by atoms with Gasteiger partial charge in [-0.25, -0.2) is 0 Å². The van der Waals surface area contributed by atoms with E-state index >= 15 is 0 Å². The first-order valence-electron chi connectivity index (χ1n) is 5.08. The fourth-order valence-electron chi connectivity index (χ4n) is 3.40. The number of fused-ring (bicyclic) bond motifs is 2. The van der Waals surface area contributed by atoms with Gasteiger partial charge in [0.15, 0.2) is 0 Å². The third-order valence-corrected chi connectivity index (χ3v) is 4.58. The fraction of sp³-hybridized carbons (Fsp3) is 1.00. The van der Waals surface area contributed by atoms with Gasteiger partial charge in [0.1, 0.15) is 0 Å². The third-order valence-electron chi connectivity index (χ3n) is 4.58. The molecule has 3 heteroatoms. The molecule has 0 aromatic carbocycles. The Morgan fingerprint density at radius 2 is 2.00 bits per heavy atom. The van der Waals surface area contributed by atoms with Gasteiger partial charge in [-0.3, -0.25) is 10.1 Å². The number of hydrogen-bond donors (Lipinski definition) is 0. The van der Waals surface area contributed by atoms with E-state index in [9.17, 15) is 10.1 Å². The number of hydrogen-bond acceptors (Lipinski definition) is 2. The molecule has 3 aliphatic carbocycles. The molecule has 0 amide bonds. The third kappa shape index (κ3) is 1.02. The molecule has 74 valence electrons. The van der Waals surface area contributed by atoms with Gasteiger partial charge in [-0.1, -0.05) is 20.8 Å². The van der Waals surface area contributed by atoms with E-state index in [1.807, 2.05) is 0 Å². The normalized spacial score (nSPS) is 46.7. The van der Waals surface area contributed by atoms with E-state index in [0.29, 0.717) is 17.3 Å². The Balaban J connectivity index is 2.16. The summed E-state index contributed by atoms with van der Waals surface area (Å²) in [5, 5.41) is 10.7. The molecule has 0 aromatic rings. The zero-order valence-electron chi connectivity index (χ0n) is 8.49. The molecule has 0 spiro atoms. The molecular formula is C10H17NO2. The minimum absolute atomic E-state index is 0.0704. The van der Waals surface area contributed by atoms with Gasteiger partial charge >= 0.3 is 0 Å². The highest BCUT2D eigenvalue weighted by atomic mass is 16.6. The van der Waals surface area contributed by atoms with E-state index in [1.54, 1.807) is 0 Å². The molecule has 4 unspecified atom stereocenters. The predicted molar refractivity (Wildman–Crippen MR) is 49.9 cm³/mol. The van der Waals surface area contributed by atoms with Crippen molar-refractivity contribution in [2.75, 3.05) is 0 Å². The summed E-state index contributed by atoms with van der Waals surface area (Å²) < 4.78 is 0. The van der Waals surface area contributed by atoms with Crippen LogP contribution in [0.15, 0.2) is 0 Å². The van der Waals surface area contributed by atoms with Crippen LogP contribution >= 0.6 is 0 Å². The summed E-state index contributed by atoms with van der Waals surface area (Å²) in [4.78, 5) is 10.7. The Bertz CT molecular complexity index is 249. The van der Waals surface area contributed by atoms with Gasteiger partial charge in [-0.2, -0.15) is 0 Å². The van der Waals surface area contributed by atoms with Crippen LogP contribution in [0, 0.1) is 33.3 Å². The number of nitrogens with zero attached hydrogens (tertiary/aromatic N) is 1. The van der Waals surface area contributed by atoms with Crippen LogP contribution in [0.1, 0.15) is 33.6 Å². The fourth-order valence-corrected chi connectivity index (χ4v) is 3.40. The molecule has 0 heterocycles. The Morgan fingerprint density at radius 3 is 2.38 bits per heavy atom. The minimum atomic E-state index is -0.267. The molecule has 3 nitrogen and oxygen atoms in total. The van der Waals surface area contributed by atoms with Crippen molar-refractivity contribution in [3.8, 4) is 0 Å². The van der Waals surface area contributed by atoms with Crippen molar-refractivity contribution in [2.45, 2.75) is 39.7 Å². The minimum Gasteiger partial charge on any atom is -0.264 e. The van der Waals surface area contributed by atoms with Gasteiger partial charge in [-0.15, -0.1) is 0 Å². The van der Waals surface area contributed by atoms with Crippen LogP contribution in [0.4, 0.5) is 0 Å². The van der Waals surface area contributed by atoms with Crippen molar-refractivity contribution < 1.29 is 4.92 Å². The highest BCUT2D eigenvalue weighted by molar-refractivity contribution is 5.05. The van der Waals surface area contributed by atoms with Gasteiger partial charge in [0.05, 0.1) is 0 Å². The molecule has 4 atom stereocenters.